The number of halogens is 1. The SMILES string of the molecule is CCCCCC(=O)NC(=S)Nc1cc(C)c(I)cc1C. The molecule has 0 spiro atoms. The van der Waals surface area contributed by atoms with Gasteiger partial charge in [-0.1, -0.05) is 19.8 Å². The zero-order chi connectivity index (χ0) is 15.1. The molecule has 0 aliphatic rings. The van der Waals surface area contributed by atoms with Gasteiger partial charge in [-0.05, 0) is 78.3 Å². The molecule has 0 aliphatic carbocycles. The zero-order valence-electron chi connectivity index (χ0n) is 12.2. The Bertz CT molecular complexity index is 503. The highest BCUT2D eigenvalue weighted by Gasteiger charge is 2.07. The quantitative estimate of drug-likeness (QED) is 0.437. The molecule has 0 aliphatic heterocycles. The van der Waals surface area contributed by atoms with E-state index in [9.17, 15) is 4.79 Å². The van der Waals surface area contributed by atoms with Gasteiger partial charge in [0, 0.05) is 15.7 Å². The Kier molecular flexibility index (Phi) is 7.43. The van der Waals surface area contributed by atoms with Gasteiger partial charge in [0.2, 0.25) is 5.91 Å². The predicted octanol–water partition coefficient (Wildman–Crippen LogP) is 4.30. The first-order chi connectivity index (χ1) is 9.43. The van der Waals surface area contributed by atoms with Crippen molar-refractivity contribution >= 4 is 51.5 Å². The van der Waals surface area contributed by atoms with Gasteiger partial charge in [0.05, 0.1) is 0 Å². The lowest BCUT2D eigenvalue weighted by molar-refractivity contribution is -0.119. The summed E-state index contributed by atoms with van der Waals surface area (Å²) in [6, 6.07) is 4.15. The standard InChI is InChI=1S/C15H21IN2OS/c1-4-5-6-7-14(19)18-15(20)17-13-9-10(2)12(16)8-11(13)3/h8-9H,4-7H2,1-3H3,(H2,17,18,19,20). The molecule has 0 saturated carbocycles. The van der Waals surface area contributed by atoms with Gasteiger partial charge < -0.3 is 10.6 Å². The van der Waals surface area contributed by atoms with Gasteiger partial charge in [-0.2, -0.15) is 0 Å². The van der Waals surface area contributed by atoms with E-state index in [0.29, 0.717) is 11.5 Å². The van der Waals surface area contributed by atoms with E-state index in [1.807, 2.05) is 13.0 Å². The summed E-state index contributed by atoms with van der Waals surface area (Å²) in [6.07, 6.45) is 3.62. The fraction of sp³-hybridized carbons (Fsp3) is 0.467. The molecule has 1 aromatic rings. The number of benzene rings is 1. The van der Waals surface area contributed by atoms with Gasteiger partial charge in [0.1, 0.15) is 0 Å². The second kappa shape index (κ2) is 8.56. The van der Waals surface area contributed by atoms with Crippen LogP contribution in [0.1, 0.15) is 43.7 Å². The third kappa shape index (κ3) is 5.75. The van der Waals surface area contributed by atoms with Crippen LogP contribution in [0.15, 0.2) is 12.1 Å². The van der Waals surface area contributed by atoms with E-state index < -0.39 is 0 Å². The molecule has 0 fully saturated rings. The predicted molar refractivity (Wildman–Crippen MR) is 97.1 cm³/mol. The van der Waals surface area contributed by atoms with E-state index in [0.717, 1.165) is 30.5 Å². The molecule has 20 heavy (non-hydrogen) atoms. The maximum Gasteiger partial charge on any atom is 0.226 e. The van der Waals surface area contributed by atoms with Crippen LogP contribution in [0.2, 0.25) is 0 Å². The third-order valence-corrected chi connectivity index (χ3v) is 4.38. The molecule has 110 valence electrons. The number of unbranched alkanes of at least 4 members (excludes halogenated alkanes) is 2. The topological polar surface area (TPSA) is 41.1 Å². The van der Waals surface area contributed by atoms with E-state index in [1.54, 1.807) is 0 Å². The Morgan fingerprint density at radius 3 is 2.60 bits per heavy atom. The summed E-state index contributed by atoms with van der Waals surface area (Å²) in [5, 5.41) is 6.19. The van der Waals surface area contributed by atoms with Crippen molar-refractivity contribution in [1.82, 2.24) is 5.32 Å². The monoisotopic (exact) mass is 404 g/mol. The highest BCUT2D eigenvalue weighted by molar-refractivity contribution is 14.1. The summed E-state index contributed by atoms with van der Waals surface area (Å²) in [4.78, 5) is 11.7. The van der Waals surface area contributed by atoms with Crippen molar-refractivity contribution in [3.8, 4) is 0 Å². The van der Waals surface area contributed by atoms with E-state index >= 15 is 0 Å². The molecule has 1 aromatic carbocycles. The molecule has 0 saturated heterocycles. The number of aryl methyl sites for hydroxylation is 2. The smallest absolute Gasteiger partial charge is 0.226 e. The first kappa shape index (κ1) is 17.4. The normalized spacial score (nSPS) is 10.2. The molecule has 0 heterocycles. The number of anilines is 1. The van der Waals surface area contributed by atoms with Crippen molar-refractivity contribution in [2.24, 2.45) is 0 Å². The van der Waals surface area contributed by atoms with Gasteiger partial charge in [-0.3, -0.25) is 4.79 Å². The van der Waals surface area contributed by atoms with Gasteiger partial charge in [-0.15, -0.1) is 0 Å². The molecule has 3 nitrogen and oxygen atoms in total. The van der Waals surface area contributed by atoms with E-state index in [-0.39, 0.29) is 5.91 Å². The average Bonchev–Trinajstić information content (AvgIpc) is 2.36. The molecule has 0 aromatic heterocycles. The van der Waals surface area contributed by atoms with Gasteiger partial charge in [0.15, 0.2) is 5.11 Å². The molecule has 1 amide bonds. The fourth-order valence-corrected chi connectivity index (χ4v) is 2.64. The average molecular weight is 404 g/mol. The van der Waals surface area contributed by atoms with Crippen molar-refractivity contribution in [2.75, 3.05) is 5.32 Å². The van der Waals surface area contributed by atoms with Gasteiger partial charge in [-0.25, -0.2) is 0 Å². The molecular formula is C15H21IN2OS. The Balaban J connectivity index is 2.54. The summed E-state index contributed by atoms with van der Waals surface area (Å²) in [5.74, 6) is -0.0177. The minimum atomic E-state index is -0.0177. The number of nitrogens with one attached hydrogen (secondary N) is 2. The number of thiocarbonyl (C=S) groups is 1. The van der Waals surface area contributed by atoms with Crippen molar-refractivity contribution in [2.45, 2.75) is 46.5 Å². The number of hydrogen-bond donors (Lipinski definition) is 2. The van der Waals surface area contributed by atoms with Crippen LogP contribution in [0, 0.1) is 17.4 Å². The molecular weight excluding hydrogens is 383 g/mol. The summed E-state index contributed by atoms with van der Waals surface area (Å²) < 4.78 is 1.22. The number of amides is 1. The summed E-state index contributed by atoms with van der Waals surface area (Å²) in [7, 11) is 0. The van der Waals surface area contributed by atoms with Crippen molar-refractivity contribution < 1.29 is 4.79 Å². The second-order valence-corrected chi connectivity index (χ2v) is 6.45. The Hall–Kier alpha value is -0.690. The maximum atomic E-state index is 11.7. The van der Waals surface area contributed by atoms with Crippen LogP contribution in [0.3, 0.4) is 0 Å². The van der Waals surface area contributed by atoms with Gasteiger partial charge >= 0.3 is 0 Å². The zero-order valence-corrected chi connectivity index (χ0v) is 15.2. The molecule has 0 bridgehead atoms. The lowest BCUT2D eigenvalue weighted by Crippen LogP contribution is -2.34. The number of rotatable bonds is 5. The summed E-state index contributed by atoms with van der Waals surface area (Å²) in [5.41, 5.74) is 3.25. The van der Waals surface area contributed by atoms with E-state index in [1.165, 1.54) is 9.13 Å². The maximum absolute atomic E-state index is 11.7. The Labute approximate surface area is 140 Å². The van der Waals surface area contributed by atoms with Crippen LogP contribution < -0.4 is 10.6 Å². The largest absolute Gasteiger partial charge is 0.332 e. The number of hydrogen-bond acceptors (Lipinski definition) is 2. The summed E-state index contributed by atoms with van der Waals surface area (Å²) >= 11 is 7.49. The molecule has 2 N–H and O–H groups in total. The second-order valence-electron chi connectivity index (χ2n) is 4.88. The lowest BCUT2D eigenvalue weighted by Gasteiger charge is -2.13. The lowest BCUT2D eigenvalue weighted by atomic mass is 10.1. The Morgan fingerprint density at radius 2 is 1.95 bits per heavy atom. The number of carbonyl (C=O) groups is 1. The van der Waals surface area contributed by atoms with Crippen molar-refractivity contribution in [3.05, 3.63) is 26.8 Å². The van der Waals surface area contributed by atoms with Crippen LogP contribution >= 0.6 is 34.8 Å². The molecule has 0 radical (unpaired) electrons. The first-order valence-corrected chi connectivity index (χ1v) is 8.30. The van der Waals surface area contributed by atoms with Crippen LogP contribution in [0.25, 0.3) is 0 Å². The Morgan fingerprint density at radius 1 is 1.25 bits per heavy atom. The summed E-state index contributed by atoms with van der Waals surface area (Å²) in [6.45, 7) is 6.19. The minimum Gasteiger partial charge on any atom is -0.332 e. The van der Waals surface area contributed by atoms with Crippen molar-refractivity contribution in [1.29, 1.82) is 0 Å². The highest BCUT2D eigenvalue weighted by atomic mass is 127. The minimum absolute atomic E-state index is 0.0177. The van der Waals surface area contributed by atoms with Crippen LogP contribution in [0.5, 0.6) is 0 Å². The van der Waals surface area contributed by atoms with E-state index in [4.69, 9.17) is 12.2 Å². The molecule has 0 atom stereocenters. The number of carbonyl (C=O) groups excluding carboxylic acids is 1. The van der Waals surface area contributed by atoms with Gasteiger partial charge in [0.25, 0.3) is 0 Å². The third-order valence-electron chi connectivity index (χ3n) is 3.01. The highest BCUT2D eigenvalue weighted by Crippen LogP contribution is 2.21. The van der Waals surface area contributed by atoms with E-state index in [2.05, 4.69) is 53.1 Å². The molecule has 5 heteroatoms. The fourth-order valence-electron chi connectivity index (χ4n) is 1.79. The van der Waals surface area contributed by atoms with Crippen LogP contribution in [-0.4, -0.2) is 11.0 Å². The molecule has 0 unspecified atom stereocenters. The van der Waals surface area contributed by atoms with Crippen LogP contribution in [-0.2, 0) is 4.79 Å². The first-order valence-electron chi connectivity index (χ1n) is 6.81. The van der Waals surface area contributed by atoms with Crippen LogP contribution in [0.4, 0.5) is 5.69 Å². The van der Waals surface area contributed by atoms with Crippen molar-refractivity contribution in [3.63, 3.8) is 0 Å². The molecule has 1 rings (SSSR count).